The lowest BCUT2D eigenvalue weighted by Crippen LogP contribution is -2.32. The summed E-state index contributed by atoms with van der Waals surface area (Å²) in [5, 5.41) is 0. The molecule has 4 heteroatoms. The SMILES string of the molecule is COC(C)OC(=O)N1CCc2ccccc21. The third kappa shape index (κ3) is 2.02. The van der Waals surface area contributed by atoms with Crippen molar-refractivity contribution in [3.05, 3.63) is 29.8 Å². The highest BCUT2D eigenvalue weighted by atomic mass is 16.7. The van der Waals surface area contributed by atoms with E-state index < -0.39 is 6.29 Å². The number of para-hydroxylation sites is 1. The van der Waals surface area contributed by atoms with Crippen LogP contribution in [0.3, 0.4) is 0 Å². The molecule has 1 heterocycles. The van der Waals surface area contributed by atoms with Crippen LogP contribution in [0.5, 0.6) is 0 Å². The summed E-state index contributed by atoms with van der Waals surface area (Å²) in [4.78, 5) is 13.4. The number of anilines is 1. The van der Waals surface area contributed by atoms with Crippen molar-refractivity contribution in [2.75, 3.05) is 18.6 Å². The van der Waals surface area contributed by atoms with Crippen LogP contribution in [0.1, 0.15) is 12.5 Å². The highest BCUT2D eigenvalue weighted by Gasteiger charge is 2.26. The summed E-state index contributed by atoms with van der Waals surface area (Å²) in [6.45, 7) is 2.37. The summed E-state index contributed by atoms with van der Waals surface area (Å²) in [7, 11) is 1.51. The number of rotatable bonds is 2. The molecular formula is C12H15NO3. The fourth-order valence-electron chi connectivity index (χ4n) is 1.78. The Morgan fingerprint density at radius 1 is 1.44 bits per heavy atom. The van der Waals surface area contributed by atoms with Gasteiger partial charge in [-0.05, 0) is 25.0 Å². The molecule has 86 valence electrons. The normalized spacial score (nSPS) is 15.8. The maximum atomic E-state index is 11.8. The van der Waals surface area contributed by atoms with Gasteiger partial charge in [0.25, 0.3) is 0 Å². The zero-order valence-electron chi connectivity index (χ0n) is 9.47. The Bertz CT molecular complexity index is 392. The van der Waals surface area contributed by atoms with E-state index in [1.54, 1.807) is 11.8 Å². The molecule has 16 heavy (non-hydrogen) atoms. The van der Waals surface area contributed by atoms with E-state index in [9.17, 15) is 4.79 Å². The van der Waals surface area contributed by atoms with Crippen molar-refractivity contribution in [3.8, 4) is 0 Å². The number of methoxy groups -OCH3 is 1. The molecular weight excluding hydrogens is 206 g/mol. The highest BCUT2D eigenvalue weighted by molar-refractivity contribution is 5.90. The minimum Gasteiger partial charge on any atom is -0.420 e. The number of hydrogen-bond donors (Lipinski definition) is 0. The number of fused-ring (bicyclic) bond motifs is 1. The van der Waals surface area contributed by atoms with Crippen molar-refractivity contribution in [2.45, 2.75) is 19.6 Å². The summed E-state index contributed by atoms with van der Waals surface area (Å²) in [5.41, 5.74) is 2.13. The van der Waals surface area contributed by atoms with E-state index in [4.69, 9.17) is 9.47 Å². The van der Waals surface area contributed by atoms with Crippen LogP contribution >= 0.6 is 0 Å². The van der Waals surface area contributed by atoms with Crippen LogP contribution in [0.4, 0.5) is 10.5 Å². The van der Waals surface area contributed by atoms with Gasteiger partial charge >= 0.3 is 6.09 Å². The lowest BCUT2D eigenvalue weighted by atomic mass is 10.2. The smallest absolute Gasteiger partial charge is 0.416 e. The van der Waals surface area contributed by atoms with Gasteiger partial charge in [-0.3, -0.25) is 4.90 Å². The first kappa shape index (κ1) is 11.0. The number of carbonyl (C=O) groups is 1. The number of hydrogen-bond acceptors (Lipinski definition) is 3. The fourth-order valence-corrected chi connectivity index (χ4v) is 1.78. The van der Waals surface area contributed by atoms with Crippen LogP contribution in [-0.4, -0.2) is 26.0 Å². The summed E-state index contributed by atoms with van der Waals surface area (Å²) in [5.74, 6) is 0. The van der Waals surface area contributed by atoms with Gasteiger partial charge in [0.05, 0.1) is 5.69 Å². The molecule has 0 aliphatic carbocycles. The third-order valence-electron chi connectivity index (χ3n) is 2.71. The molecule has 1 aliphatic heterocycles. The lowest BCUT2D eigenvalue weighted by molar-refractivity contribution is -0.0650. The second-order valence-corrected chi connectivity index (χ2v) is 3.72. The van der Waals surface area contributed by atoms with E-state index in [-0.39, 0.29) is 6.09 Å². The van der Waals surface area contributed by atoms with Crippen molar-refractivity contribution >= 4 is 11.8 Å². The first-order valence-corrected chi connectivity index (χ1v) is 5.31. The van der Waals surface area contributed by atoms with Crippen LogP contribution < -0.4 is 4.90 Å². The zero-order valence-corrected chi connectivity index (χ0v) is 9.47. The predicted octanol–water partition coefficient (Wildman–Crippen LogP) is 2.18. The van der Waals surface area contributed by atoms with E-state index in [2.05, 4.69) is 0 Å². The van der Waals surface area contributed by atoms with Crippen molar-refractivity contribution in [2.24, 2.45) is 0 Å². The van der Waals surface area contributed by atoms with Gasteiger partial charge < -0.3 is 9.47 Å². The maximum absolute atomic E-state index is 11.8. The molecule has 1 atom stereocenters. The number of nitrogens with zero attached hydrogens (tertiary/aromatic N) is 1. The monoisotopic (exact) mass is 221 g/mol. The molecule has 1 aromatic carbocycles. The summed E-state index contributed by atoms with van der Waals surface area (Å²) >= 11 is 0. The molecule has 0 radical (unpaired) electrons. The maximum Gasteiger partial charge on any atom is 0.416 e. The summed E-state index contributed by atoms with van der Waals surface area (Å²) in [6, 6.07) is 7.86. The van der Waals surface area contributed by atoms with Gasteiger partial charge in [0.1, 0.15) is 0 Å². The Hall–Kier alpha value is -1.55. The Morgan fingerprint density at radius 2 is 2.19 bits per heavy atom. The van der Waals surface area contributed by atoms with Gasteiger partial charge in [-0.25, -0.2) is 4.79 Å². The third-order valence-corrected chi connectivity index (χ3v) is 2.71. The fraction of sp³-hybridized carbons (Fsp3) is 0.417. The summed E-state index contributed by atoms with van der Waals surface area (Å²) < 4.78 is 10.0. The number of benzene rings is 1. The number of amides is 1. The van der Waals surface area contributed by atoms with Crippen molar-refractivity contribution in [1.82, 2.24) is 0 Å². The Labute approximate surface area is 94.8 Å². The molecule has 1 aromatic rings. The number of carbonyl (C=O) groups excluding carboxylic acids is 1. The van der Waals surface area contributed by atoms with Gasteiger partial charge in [-0.2, -0.15) is 0 Å². The van der Waals surface area contributed by atoms with Gasteiger partial charge in [0.15, 0.2) is 0 Å². The quantitative estimate of drug-likeness (QED) is 0.718. The molecule has 2 rings (SSSR count). The van der Waals surface area contributed by atoms with Crippen LogP contribution in [0.2, 0.25) is 0 Å². The van der Waals surface area contributed by atoms with Crippen LogP contribution in [-0.2, 0) is 15.9 Å². The lowest BCUT2D eigenvalue weighted by Gasteiger charge is -2.19. The van der Waals surface area contributed by atoms with E-state index >= 15 is 0 Å². The summed E-state index contributed by atoms with van der Waals surface area (Å²) in [6.07, 6.45) is 0.0201. The van der Waals surface area contributed by atoms with Gasteiger partial charge in [0.2, 0.25) is 6.29 Å². The molecule has 1 amide bonds. The van der Waals surface area contributed by atoms with E-state index in [0.29, 0.717) is 6.54 Å². The average Bonchev–Trinajstić information content (AvgIpc) is 2.72. The molecule has 4 nitrogen and oxygen atoms in total. The Morgan fingerprint density at radius 3 is 2.94 bits per heavy atom. The Kier molecular flexibility index (Phi) is 3.10. The van der Waals surface area contributed by atoms with Crippen molar-refractivity contribution < 1.29 is 14.3 Å². The minimum atomic E-state index is -0.514. The second-order valence-electron chi connectivity index (χ2n) is 3.72. The number of ether oxygens (including phenoxy) is 2. The first-order valence-electron chi connectivity index (χ1n) is 5.31. The van der Waals surface area contributed by atoms with E-state index in [1.165, 1.54) is 12.7 Å². The van der Waals surface area contributed by atoms with Crippen LogP contribution in [0, 0.1) is 0 Å². The standard InChI is InChI=1S/C12H15NO3/c1-9(15-2)16-12(14)13-8-7-10-5-3-4-6-11(10)13/h3-6,9H,7-8H2,1-2H3. The zero-order chi connectivity index (χ0) is 11.5. The van der Waals surface area contributed by atoms with Crippen LogP contribution in [0.15, 0.2) is 24.3 Å². The topological polar surface area (TPSA) is 38.8 Å². The molecule has 0 fully saturated rings. The molecule has 1 aliphatic rings. The Balaban J connectivity index is 2.10. The van der Waals surface area contributed by atoms with Crippen LogP contribution in [0.25, 0.3) is 0 Å². The molecule has 0 aromatic heterocycles. The molecule has 0 bridgehead atoms. The first-order chi connectivity index (χ1) is 7.72. The average molecular weight is 221 g/mol. The molecule has 0 spiro atoms. The molecule has 0 saturated carbocycles. The largest absolute Gasteiger partial charge is 0.420 e. The van der Waals surface area contributed by atoms with Gasteiger partial charge in [-0.15, -0.1) is 0 Å². The van der Waals surface area contributed by atoms with Gasteiger partial charge in [-0.1, -0.05) is 18.2 Å². The van der Waals surface area contributed by atoms with Crippen molar-refractivity contribution in [1.29, 1.82) is 0 Å². The van der Waals surface area contributed by atoms with E-state index in [1.807, 2.05) is 24.3 Å². The highest BCUT2D eigenvalue weighted by Crippen LogP contribution is 2.27. The molecule has 0 N–H and O–H groups in total. The predicted molar refractivity (Wildman–Crippen MR) is 60.4 cm³/mol. The van der Waals surface area contributed by atoms with Gasteiger partial charge in [0, 0.05) is 13.7 Å². The molecule has 1 unspecified atom stereocenters. The van der Waals surface area contributed by atoms with E-state index in [0.717, 1.165) is 12.1 Å². The second kappa shape index (κ2) is 4.53. The van der Waals surface area contributed by atoms with Crippen molar-refractivity contribution in [3.63, 3.8) is 0 Å². The minimum absolute atomic E-state index is 0.348. The molecule has 0 saturated heterocycles.